The smallest absolute Gasteiger partial charge is 0.341 e. The Morgan fingerprint density at radius 3 is 2.42 bits per heavy atom. The van der Waals surface area contributed by atoms with Crippen molar-refractivity contribution in [2.45, 2.75) is 24.7 Å². The minimum Gasteiger partial charge on any atom is -0.497 e. The van der Waals surface area contributed by atoms with Crippen LogP contribution in [0.4, 0.5) is 10.0 Å². The van der Waals surface area contributed by atoms with Gasteiger partial charge in [-0.05, 0) is 55.4 Å². The number of hydrogen-bond acceptors (Lipinski definition) is 9. The number of carbonyl (C=O) groups excluding carboxylic acids is 2. The highest BCUT2D eigenvalue weighted by Crippen LogP contribution is 2.35. The fourth-order valence-electron chi connectivity index (χ4n) is 3.39. The summed E-state index contributed by atoms with van der Waals surface area (Å²) in [5.41, 5.74) is -0.0820. The van der Waals surface area contributed by atoms with Gasteiger partial charge in [0.15, 0.2) is 0 Å². The van der Waals surface area contributed by atoms with Crippen LogP contribution in [0.1, 0.15) is 30.1 Å². The lowest BCUT2D eigenvalue weighted by atomic mass is 9.97. The number of hydrogen-bond donors (Lipinski definition) is 1. The maximum Gasteiger partial charge on any atom is 0.341 e. The van der Waals surface area contributed by atoms with Crippen molar-refractivity contribution in [3.8, 4) is 5.75 Å². The number of benzene rings is 1. The van der Waals surface area contributed by atoms with Crippen LogP contribution in [-0.2, 0) is 19.6 Å². The summed E-state index contributed by atoms with van der Waals surface area (Å²) in [6, 6.07) is 7.13. The SMILES string of the molecule is CCOC(=O)c1cc([N+](=O)[O-])sc1NC(=O)C1CCN(S(=O)(=O)c2ccc(OC)cc2)CC1. The molecule has 2 heterocycles. The van der Waals surface area contributed by atoms with Gasteiger partial charge in [0, 0.05) is 25.1 Å². The Kier molecular flexibility index (Phi) is 7.66. The van der Waals surface area contributed by atoms with Crippen LogP contribution < -0.4 is 10.1 Å². The van der Waals surface area contributed by atoms with Gasteiger partial charge >= 0.3 is 11.0 Å². The first-order valence-electron chi connectivity index (χ1n) is 10.1. The number of methoxy groups -OCH3 is 1. The van der Waals surface area contributed by atoms with E-state index in [1.807, 2.05) is 0 Å². The van der Waals surface area contributed by atoms with E-state index in [2.05, 4.69) is 5.32 Å². The summed E-state index contributed by atoms with van der Waals surface area (Å²) in [5, 5.41) is 13.4. The lowest BCUT2D eigenvalue weighted by molar-refractivity contribution is -0.380. The van der Waals surface area contributed by atoms with E-state index < -0.39 is 32.7 Å². The molecule has 33 heavy (non-hydrogen) atoms. The van der Waals surface area contributed by atoms with Crippen molar-refractivity contribution in [3.63, 3.8) is 0 Å². The van der Waals surface area contributed by atoms with E-state index in [0.717, 1.165) is 6.07 Å². The average Bonchev–Trinajstić information content (AvgIpc) is 3.23. The number of anilines is 1. The Morgan fingerprint density at radius 2 is 1.88 bits per heavy atom. The third-order valence-corrected chi connectivity index (χ3v) is 8.07. The molecule has 0 atom stereocenters. The zero-order valence-corrected chi connectivity index (χ0v) is 19.6. The first kappa shape index (κ1) is 24.6. The minimum absolute atomic E-state index is 0.0402. The number of esters is 1. The molecule has 1 aliphatic rings. The highest BCUT2D eigenvalue weighted by Gasteiger charge is 2.33. The van der Waals surface area contributed by atoms with Gasteiger partial charge in [-0.1, -0.05) is 0 Å². The van der Waals surface area contributed by atoms with Crippen LogP contribution in [0.25, 0.3) is 0 Å². The third kappa shape index (κ3) is 5.49. The lowest BCUT2D eigenvalue weighted by Crippen LogP contribution is -2.41. The molecular weight excluding hydrogens is 474 g/mol. The largest absolute Gasteiger partial charge is 0.497 e. The normalized spacial score (nSPS) is 15.1. The molecule has 178 valence electrons. The van der Waals surface area contributed by atoms with E-state index >= 15 is 0 Å². The predicted molar refractivity (Wildman–Crippen MR) is 120 cm³/mol. The molecule has 1 aromatic heterocycles. The number of nitrogens with one attached hydrogen (secondary N) is 1. The van der Waals surface area contributed by atoms with Crippen molar-refractivity contribution >= 4 is 43.2 Å². The standard InChI is InChI=1S/C20H23N3O8S2/c1-3-31-20(25)16-12-17(23(26)27)32-19(16)21-18(24)13-8-10-22(11-9-13)33(28,29)15-6-4-14(30-2)5-7-15/h4-7,12-13H,3,8-11H2,1-2H3,(H,21,24). The van der Waals surface area contributed by atoms with E-state index in [1.54, 1.807) is 19.1 Å². The molecular formula is C20H23N3O8S2. The van der Waals surface area contributed by atoms with Crippen LogP contribution in [0, 0.1) is 16.0 Å². The number of amides is 1. The summed E-state index contributed by atoms with van der Waals surface area (Å²) >= 11 is 0.671. The minimum atomic E-state index is -3.71. The first-order valence-corrected chi connectivity index (χ1v) is 12.3. The fourth-order valence-corrected chi connectivity index (χ4v) is 5.72. The Hall–Kier alpha value is -3.03. The van der Waals surface area contributed by atoms with Crippen molar-refractivity contribution in [2.75, 3.05) is 32.1 Å². The Labute approximate surface area is 194 Å². The molecule has 1 saturated heterocycles. The van der Waals surface area contributed by atoms with Crippen molar-refractivity contribution in [1.82, 2.24) is 4.31 Å². The van der Waals surface area contributed by atoms with Gasteiger partial charge in [-0.2, -0.15) is 4.31 Å². The van der Waals surface area contributed by atoms with E-state index in [1.165, 1.54) is 23.5 Å². The Bertz CT molecular complexity index is 1140. The van der Waals surface area contributed by atoms with E-state index in [9.17, 15) is 28.1 Å². The van der Waals surface area contributed by atoms with E-state index in [0.29, 0.717) is 17.1 Å². The predicted octanol–water partition coefficient (Wildman–Crippen LogP) is 2.88. The molecule has 1 aromatic carbocycles. The zero-order valence-electron chi connectivity index (χ0n) is 18.0. The molecule has 0 radical (unpaired) electrons. The fraction of sp³-hybridized carbons (Fsp3) is 0.400. The molecule has 13 heteroatoms. The van der Waals surface area contributed by atoms with Crippen molar-refractivity contribution in [1.29, 1.82) is 0 Å². The molecule has 11 nitrogen and oxygen atoms in total. The maximum atomic E-state index is 12.9. The van der Waals surface area contributed by atoms with Crippen LogP contribution in [0.3, 0.4) is 0 Å². The monoisotopic (exact) mass is 497 g/mol. The second-order valence-electron chi connectivity index (χ2n) is 7.15. The van der Waals surface area contributed by atoms with E-state index in [4.69, 9.17) is 9.47 Å². The highest BCUT2D eigenvalue weighted by atomic mass is 32.2. The second kappa shape index (κ2) is 10.3. The molecule has 0 aliphatic carbocycles. The summed E-state index contributed by atoms with van der Waals surface area (Å²) in [4.78, 5) is 35.5. The molecule has 0 unspecified atom stereocenters. The quantitative estimate of drug-likeness (QED) is 0.333. The van der Waals surface area contributed by atoms with Crippen LogP contribution in [0.5, 0.6) is 5.75 Å². The zero-order chi connectivity index (χ0) is 24.2. The second-order valence-corrected chi connectivity index (χ2v) is 10.1. The Balaban J connectivity index is 1.67. The van der Waals surface area contributed by atoms with Crippen LogP contribution in [-0.4, -0.2) is 56.3 Å². The van der Waals surface area contributed by atoms with Gasteiger partial charge < -0.3 is 14.8 Å². The molecule has 1 N–H and O–H groups in total. The summed E-state index contributed by atoms with van der Waals surface area (Å²) in [6.45, 7) is 1.96. The van der Waals surface area contributed by atoms with Gasteiger partial charge in [0.2, 0.25) is 15.9 Å². The lowest BCUT2D eigenvalue weighted by Gasteiger charge is -2.30. The van der Waals surface area contributed by atoms with Crippen molar-refractivity contribution < 1.29 is 32.4 Å². The number of sulfonamides is 1. The molecule has 0 bridgehead atoms. The summed E-state index contributed by atoms with van der Waals surface area (Å²) in [7, 11) is -2.22. The van der Waals surface area contributed by atoms with Gasteiger partial charge in [0.1, 0.15) is 16.3 Å². The first-order chi connectivity index (χ1) is 15.7. The maximum absolute atomic E-state index is 12.9. The molecule has 0 saturated carbocycles. The van der Waals surface area contributed by atoms with E-state index in [-0.39, 0.29) is 53.0 Å². The number of rotatable bonds is 8. The molecule has 3 rings (SSSR count). The molecule has 0 spiro atoms. The highest BCUT2D eigenvalue weighted by molar-refractivity contribution is 7.89. The van der Waals surface area contributed by atoms with Crippen LogP contribution in [0.2, 0.25) is 0 Å². The molecule has 2 aromatic rings. The number of ether oxygens (including phenoxy) is 2. The van der Waals surface area contributed by atoms with Crippen LogP contribution in [0.15, 0.2) is 35.2 Å². The molecule has 1 aliphatic heterocycles. The summed E-state index contributed by atoms with van der Waals surface area (Å²) in [5.74, 6) is -1.17. The third-order valence-electron chi connectivity index (χ3n) is 5.15. The summed E-state index contributed by atoms with van der Waals surface area (Å²) < 4.78 is 37.0. The number of nitro groups is 1. The molecule has 1 amide bonds. The van der Waals surface area contributed by atoms with Gasteiger partial charge in [-0.25, -0.2) is 13.2 Å². The number of carbonyl (C=O) groups is 2. The van der Waals surface area contributed by atoms with Gasteiger partial charge in [-0.15, -0.1) is 0 Å². The number of piperidine rings is 1. The van der Waals surface area contributed by atoms with Gasteiger partial charge in [-0.3, -0.25) is 14.9 Å². The van der Waals surface area contributed by atoms with Gasteiger partial charge in [0.05, 0.1) is 23.5 Å². The number of nitrogens with zero attached hydrogens (tertiary/aromatic N) is 2. The Morgan fingerprint density at radius 1 is 1.24 bits per heavy atom. The van der Waals surface area contributed by atoms with Gasteiger partial charge in [0.25, 0.3) is 0 Å². The topological polar surface area (TPSA) is 145 Å². The van der Waals surface area contributed by atoms with Crippen LogP contribution >= 0.6 is 11.3 Å². The average molecular weight is 498 g/mol. The molecule has 1 fully saturated rings. The van der Waals surface area contributed by atoms with Crippen molar-refractivity contribution in [3.05, 3.63) is 46.0 Å². The number of thiophene rings is 1. The van der Waals surface area contributed by atoms with Crippen molar-refractivity contribution in [2.24, 2.45) is 5.92 Å². The summed E-state index contributed by atoms with van der Waals surface area (Å²) in [6.07, 6.45) is 0.535.